The van der Waals surface area contributed by atoms with Crippen molar-refractivity contribution in [3.05, 3.63) is 5.32 Å². The fraction of sp³-hybridized carbons (Fsp3) is 0.800. The summed E-state index contributed by atoms with van der Waals surface area (Å²) in [7, 11) is 1.64. The Labute approximate surface area is 99.2 Å². The SMILES string of the molecule is C[N-]C(C)C(C)=O.[Rb+]. The Hall–Kier alpha value is 1.44. The van der Waals surface area contributed by atoms with E-state index in [1.54, 1.807) is 14.0 Å². The van der Waals surface area contributed by atoms with Crippen molar-refractivity contribution in [3.8, 4) is 0 Å². The van der Waals surface area contributed by atoms with Crippen LogP contribution in [0.15, 0.2) is 0 Å². The quantitative estimate of drug-likeness (QED) is 0.488. The van der Waals surface area contributed by atoms with E-state index >= 15 is 0 Å². The van der Waals surface area contributed by atoms with Crippen LogP contribution in [0.25, 0.3) is 5.32 Å². The molecule has 0 spiro atoms. The zero-order chi connectivity index (χ0) is 5.86. The first-order valence-corrected chi connectivity index (χ1v) is 2.28. The Kier molecular flexibility index (Phi) is 9.95. The van der Waals surface area contributed by atoms with Crippen molar-refractivity contribution < 1.29 is 63.0 Å². The van der Waals surface area contributed by atoms with Crippen LogP contribution in [-0.2, 0) is 4.79 Å². The van der Waals surface area contributed by atoms with Crippen molar-refractivity contribution in [1.82, 2.24) is 0 Å². The third kappa shape index (κ3) is 5.57. The number of hydrogen-bond donors (Lipinski definition) is 0. The molecule has 0 bridgehead atoms. The van der Waals surface area contributed by atoms with E-state index in [1.807, 2.05) is 0 Å². The minimum atomic E-state index is -0.111. The van der Waals surface area contributed by atoms with Gasteiger partial charge in [0.15, 0.2) is 0 Å². The van der Waals surface area contributed by atoms with E-state index in [0.717, 1.165) is 0 Å². The van der Waals surface area contributed by atoms with Crippen LogP contribution in [0.3, 0.4) is 0 Å². The smallest absolute Gasteiger partial charge is 0.656 e. The summed E-state index contributed by atoms with van der Waals surface area (Å²) >= 11 is 0. The van der Waals surface area contributed by atoms with Crippen molar-refractivity contribution in [2.75, 3.05) is 7.05 Å². The second-order valence-corrected chi connectivity index (χ2v) is 1.54. The van der Waals surface area contributed by atoms with Gasteiger partial charge in [0.05, 0.1) is 0 Å². The Balaban J connectivity index is 0. The van der Waals surface area contributed by atoms with E-state index in [-0.39, 0.29) is 70.0 Å². The summed E-state index contributed by atoms with van der Waals surface area (Å²) < 4.78 is 0. The van der Waals surface area contributed by atoms with Gasteiger partial charge in [-0.1, -0.05) is 13.0 Å². The fourth-order valence-corrected chi connectivity index (χ4v) is 0.182. The Morgan fingerprint density at radius 3 is 2.00 bits per heavy atom. The zero-order valence-corrected chi connectivity index (χ0v) is 10.8. The molecule has 42 valence electrons. The molecule has 0 aromatic carbocycles. The first-order chi connectivity index (χ1) is 3.18. The van der Waals surface area contributed by atoms with Gasteiger partial charge >= 0.3 is 58.2 Å². The number of Topliss-reactive ketones (excluding diaryl/α,β-unsaturated/α-hetero) is 1. The first kappa shape index (κ1) is 12.1. The van der Waals surface area contributed by atoms with Crippen molar-refractivity contribution in [3.63, 3.8) is 0 Å². The molecule has 0 heterocycles. The van der Waals surface area contributed by atoms with Crippen molar-refractivity contribution in [1.29, 1.82) is 0 Å². The second kappa shape index (κ2) is 6.55. The minimum Gasteiger partial charge on any atom is -0.656 e. The van der Waals surface area contributed by atoms with Gasteiger partial charge in [-0.15, -0.1) is 0 Å². The van der Waals surface area contributed by atoms with Crippen LogP contribution < -0.4 is 58.2 Å². The number of nitrogens with zero attached hydrogens (tertiary/aromatic N) is 1. The molecule has 0 fully saturated rings. The molecule has 0 amide bonds. The van der Waals surface area contributed by atoms with Crippen molar-refractivity contribution in [2.45, 2.75) is 19.9 Å². The van der Waals surface area contributed by atoms with Gasteiger partial charge in [0.1, 0.15) is 5.78 Å². The van der Waals surface area contributed by atoms with Gasteiger partial charge in [-0.25, -0.2) is 0 Å². The number of carbonyl (C=O) groups is 1. The van der Waals surface area contributed by atoms with E-state index in [0.29, 0.717) is 0 Å². The van der Waals surface area contributed by atoms with Gasteiger partial charge in [0.2, 0.25) is 0 Å². The molecule has 0 aromatic rings. The van der Waals surface area contributed by atoms with Crippen LogP contribution in [-0.4, -0.2) is 18.9 Å². The molecule has 0 saturated carbocycles. The summed E-state index contributed by atoms with van der Waals surface area (Å²) in [6.45, 7) is 3.32. The van der Waals surface area contributed by atoms with Crippen LogP contribution in [0.1, 0.15) is 13.8 Å². The third-order valence-corrected chi connectivity index (χ3v) is 0.976. The average molecular weight is 186 g/mol. The Morgan fingerprint density at radius 1 is 1.62 bits per heavy atom. The predicted octanol–water partition coefficient (Wildman–Crippen LogP) is -2.03. The predicted molar refractivity (Wildman–Crippen MR) is 29.4 cm³/mol. The van der Waals surface area contributed by atoms with E-state index in [1.165, 1.54) is 6.92 Å². The van der Waals surface area contributed by atoms with Crippen LogP contribution in [0.2, 0.25) is 0 Å². The second-order valence-electron chi connectivity index (χ2n) is 1.54. The molecule has 0 aliphatic carbocycles. The molecule has 0 radical (unpaired) electrons. The van der Waals surface area contributed by atoms with E-state index in [4.69, 9.17) is 0 Å². The molecule has 0 N–H and O–H groups in total. The van der Waals surface area contributed by atoms with Gasteiger partial charge in [-0.3, -0.25) is 0 Å². The van der Waals surface area contributed by atoms with Gasteiger partial charge in [0.25, 0.3) is 0 Å². The van der Waals surface area contributed by atoms with E-state index < -0.39 is 0 Å². The normalized spacial score (nSPS) is 11.9. The average Bonchev–Trinajstić information content (AvgIpc) is 1.65. The van der Waals surface area contributed by atoms with Gasteiger partial charge in [0, 0.05) is 0 Å². The molecule has 8 heavy (non-hydrogen) atoms. The number of carbonyl (C=O) groups excluding carboxylic acids is 1. The first-order valence-electron chi connectivity index (χ1n) is 2.28. The maximum absolute atomic E-state index is 10.3. The summed E-state index contributed by atoms with van der Waals surface area (Å²) in [4.78, 5) is 10.3. The maximum Gasteiger partial charge on any atom is 1.00 e. The molecule has 2 nitrogen and oxygen atoms in total. The van der Waals surface area contributed by atoms with Crippen LogP contribution in [0, 0.1) is 0 Å². The third-order valence-electron chi connectivity index (χ3n) is 0.976. The number of ketones is 1. The Bertz CT molecular complexity index is 74.8. The standard InChI is InChI=1S/C5H10NO.Rb/c1-4(6-3)5(2)7;/h4H,1-3H3;/q-1;+1. The van der Waals surface area contributed by atoms with Crippen molar-refractivity contribution in [2.24, 2.45) is 0 Å². The number of hydrogen-bond acceptors (Lipinski definition) is 1. The number of likely N-dealkylation sites (N-methyl/N-ethyl adjacent to an activating group) is 1. The summed E-state index contributed by atoms with van der Waals surface area (Å²) in [6, 6.07) is -0.111. The van der Waals surface area contributed by atoms with Gasteiger partial charge < -0.3 is 10.1 Å². The molecule has 0 saturated heterocycles. The summed E-state index contributed by atoms with van der Waals surface area (Å²) in [5.74, 6) is 0.127. The van der Waals surface area contributed by atoms with Crippen LogP contribution in [0.5, 0.6) is 0 Å². The molecular weight excluding hydrogens is 176 g/mol. The molecule has 0 aliphatic rings. The topological polar surface area (TPSA) is 31.2 Å². The molecule has 0 aromatic heterocycles. The number of rotatable bonds is 2. The van der Waals surface area contributed by atoms with Gasteiger partial charge in [-0.2, -0.15) is 7.05 Å². The van der Waals surface area contributed by atoms with Gasteiger partial charge in [-0.05, 0) is 6.92 Å². The molecule has 0 aliphatic heterocycles. The summed E-state index contributed by atoms with van der Waals surface area (Å²) in [5, 5.41) is 3.74. The molecule has 0 rings (SSSR count). The fourth-order valence-electron chi connectivity index (χ4n) is 0.182. The largest absolute Gasteiger partial charge is 1.00 e. The van der Waals surface area contributed by atoms with Crippen LogP contribution >= 0.6 is 0 Å². The maximum atomic E-state index is 10.3. The minimum absolute atomic E-state index is 0. The molecule has 1 atom stereocenters. The van der Waals surface area contributed by atoms with Crippen molar-refractivity contribution >= 4 is 5.78 Å². The van der Waals surface area contributed by atoms with E-state index in [9.17, 15) is 4.79 Å². The van der Waals surface area contributed by atoms with Crippen LogP contribution in [0.4, 0.5) is 0 Å². The molecule has 1 unspecified atom stereocenters. The Morgan fingerprint density at radius 2 is 2.00 bits per heavy atom. The molecule has 3 heteroatoms. The summed E-state index contributed by atoms with van der Waals surface area (Å²) in [6.07, 6.45) is 0. The summed E-state index contributed by atoms with van der Waals surface area (Å²) in [5.41, 5.74) is 0. The van der Waals surface area contributed by atoms with E-state index in [2.05, 4.69) is 5.32 Å². The monoisotopic (exact) mass is 185 g/mol. The zero-order valence-electron chi connectivity index (χ0n) is 5.93. The molecular formula is C5H10NORb.